The molecule has 0 spiro atoms. The number of aromatic nitrogens is 3. The summed E-state index contributed by atoms with van der Waals surface area (Å²) in [4.78, 5) is 4.24. The van der Waals surface area contributed by atoms with Crippen LogP contribution in [-0.4, -0.2) is 14.8 Å². The molecule has 0 bridgehead atoms. The van der Waals surface area contributed by atoms with E-state index in [0.717, 1.165) is 29.1 Å². The highest BCUT2D eigenvalue weighted by Crippen LogP contribution is 2.37. The molecule has 0 aliphatic carbocycles. The summed E-state index contributed by atoms with van der Waals surface area (Å²) in [6.07, 6.45) is -3.66. The first kappa shape index (κ1) is 17.1. The average molecular weight is 375 g/mol. The molecule has 4 rings (SSSR count). The van der Waals surface area contributed by atoms with Gasteiger partial charge in [0.2, 0.25) is 0 Å². The van der Waals surface area contributed by atoms with Crippen molar-refractivity contribution in [2.45, 2.75) is 6.18 Å². The summed E-state index contributed by atoms with van der Waals surface area (Å²) in [5.41, 5.74) is -0.842. The maximum atomic E-state index is 14.1. The molecule has 0 N–H and O–H groups in total. The molecule has 27 heavy (non-hydrogen) atoms. The first-order chi connectivity index (χ1) is 12.8. The van der Waals surface area contributed by atoms with Crippen molar-refractivity contribution in [2.24, 2.45) is 0 Å². The predicted octanol–water partition coefficient (Wildman–Crippen LogP) is 5.38. The Hall–Kier alpha value is -3.29. The minimum atomic E-state index is -4.67. The van der Waals surface area contributed by atoms with Crippen molar-refractivity contribution in [1.82, 2.24) is 14.8 Å². The second-order valence-electron chi connectivity index (χ2n) is 5.80. The highest BCUT2D eigenvalue weighted by molar-refractivity contribution is 5.84. The first-order valence-corrected chi connectivity index (χ1v) is 7.81. The standard InChI is InChI=1S/C19H10F5N3/c20-12-7-5-11(6-8-12)16-9-14(19(22,23)24)13-10-25-27(18(13)26-16)17-4-2-1-3-15(17)21/h1-10H. The van der Waals surface area contributed by atoms with E-state index in [0.29, 0.717) is 5.56 Å². The van der Waals surface area contributed by atoms with Crippen LogP contribution in [0.2, 0.25) is 0 Å². The third-order valence-electron chi connectivity index (χ3n) is 4.07. The van der Waals surface area contributed by atoms with Crippen LogP contribution in [0.25, 0.3) is 28.0 Å². The van der Waals surface area contributed by atoms with Crippen LogP contribution in [-0.2, 0) is 6.18 Å². The van der Waals surface area contributed by atoms with Crippen LogP contribution in [0.1, 0.15) is 5.56 Å². The Morgan fingerprint density at radius 2 is 1.59 bits per heavy atom. The van der Waals surface area contributed by atoms with Gasteiger partial charge in [-0.3, -0.25) is 0 Å². The molecule has 0 saturated heterocycles. The van der Waals surface area contributed by atoms with E-state index in [9.17, 15) is 22.0 Å². The maximum absolute atomic E-state index is 14.1. The Kier molecular flexibility index (Phi) is 3.91. The molecule has 0 unspecified atom stereocenters. The largest absolute Gasteiger partial charge is 0.417 e. The Morgan fingerprint density at radius 1 is 0.889 bits per heavy atom. The number of hydrogen-bond acceptors (Lipinski definition) is 2. The fraction of sp³-hybridized carbons (Fsp3) is 0.0526. The lowest BCUT2D eigenvalue weighted by molar-refractivity contribution is -0.136. The lowest BCUT2D eigenvalue weighted by Crippen LogP contribution is -2.08. The predicted molar refractivity (Wildman–Crippen MR) is 89.2 cm³/mol. The van der Waals surface area contributed by atoms with Crippen LogP contribution in [0.5, 0.6) is 0 Å². The summed E-state index contributed by atoms with van der Waals surface area (Å²) in [6, 6.07) is 11.4. The molecule has 0 amide bonds. The fourth-order valence-corrected chi connectivity index (χ4v) is 2.80. The molecule has 136 valence electrons. The van der Waals surface area contributed by atoms with E-state index >= 15 is 0 Å². The van der Waals surface area contributed by atoms with Crippen LogP contribution in [0.4, 0.5) is 22.0 Å². The van der Waals surface area contributed by atoms with Gasteiger partial charge in [0.1, 0.15) is 17.3 Å². The van der Waals surface area contributed by atoms with E-state index in [1.54, 1.807) is 6.07 Å². The summed E-state index contributed by atoms with van der Waals surface area (Å²) in [5.74, 6) is -1.17. The zero-order valence-electron chi connectivity index (χ0n) is 13.5. The summed E-state index contributed by atoms with van der Waals surface area (Å²) in [6.45, 7) is 0. The number of para-hydroxylation sites is 1. The van der Waals surface area contributed by atoms with E-state index in [4.69, 9.17) is 0 Å². The molecule has 2 aromatic heterocycles. The lowest BCUT2D eigenvalue weighted by atomic mass is 10.1. The van der Waals surface area contributed by atoms with Gasteiger partial charge < -0.3 is 0 Å². The van der Waals surface area contributed by atoms with Gasteiger partial charge in [-0.05, 0) is 42.5 Å². The molecule has 3 nitrogen and oxygen atoms in total. The summed E-state index contributed by atoms with van der Waals surface area (Å²) in [7, 11) is 0. The number of nitrogens with zero attached hydrogens (tertiary/aromatic N) is 3. The van der Waals surface area contributed by atoms with Gasteiger partial charge in [-0.2, -0.15) is 18.3 Å². The maximum Gasteiger partial charge on any atom is 0.417 e. The number of fused-ring (bicyclic) bond motifs is 1. The first-order valence-electron chi connectivity index (χ1n) is 7.81. The van der Waals surface area contributed by atoms with Crippen molar-refractivity contribution in [3.8, 4) is 16.9 Å². The van der Waals surface area contributed by atoms with Crippen LogP contribution in [0.15, 0.2) is 60.8 Å². The molecule has 0 aliphatic heterocycles. The van der Waals surface area contributed by atoms with Crippen LogP contribution >= 0.6 is 0 Å². The van der Waals surface area contributed by atoms with Crippen LogP contribution < -0.4 is 0 Å². The normalized spacial score (nSPS) is 11.9. The lowest BCUT2D eigenvalue weighted by Gasteiger charge is -2.11. The summed E-state index contributed by atoms with van der Waals surface area (Å²) < 4.78 is 69.0. The fourth-order valence-electron chi connectivity index (χ4n) is 2.80. The monoisotopic (exact) mass is 375 g/mol. The quantitative estimate of drug-likeness (QED) is 0.440. The van der Waals surface area contributed by atoms with Crippen LogP contribution in [0.3, 0.4) is 0 Å². The number of halogens is 5. The molecule has 2 heterocycles. The minimum absolute atomic E-state index is 0.0204. The van der Waals surface area contributed by atoms with E-state index in [-0.39, 0.29) is 22.4 Å². The highest BCUT2D eigenvalue weighted by Gasteiger charge is 2.35. The van der Waals surface area contributed by atoms with E-state index in [2.05, 4.69) is 10.1 Å². The van der Waals surface area contributed by atoms with Gasteiger partial charge in [0.05, 0.1) is 22.8 Å². The van der Waals surface area contributed by atoms with E-state index < -0.39 is 23.4 Å². The summed E-state index contributed by atoms with van der Waals surface area (Å²) >= 11 is 0. The van der Waals surface area contributed by atoms with Gasteiger partial charge in [0.25, 0.3) is 0 Å². The molecular formula is C19H10F5N3. The van der Waals surface area contributed by atoms with Gasteiger partial charge >= 0.3 is 6.18 Å². The van der Waals surface area contributed by atoms with Gasteiger partial charge in [-0.15, -0.1) is 0 Å². The van der Waals surface area contributed by atoms with Gasteiger partial charge in [-0.25, -0.2) is 18.4 Å². The molecular weight excluding hydrogens is 365 g/mol. The minimum Gasteiger partial charge on any atom is -0.228 e. The number of hydrogen-bond donors (Lipinski definition) is 0. The Bertz CT molecular complexity index is 1130. The van der Waals surface area contributed by atoms with E-state index in [1.165, 1.54) is 30.3 Å². The number of pyridine rings is 1. The van der Waals surface area contributed by atoms with Gasteiger partial charge in [0.15, 0.2) is 5.65 Å². The highest BCUT2D eigenvalue weighted by atomic mass is 19.4. The molecule has 0 fully saturated rings. The second kappa shape index (κ2) is 6.15. The molecule has 2 aromatic carbocycles. The van der Waals surface area contributed by atoms with Crippen molar-refractivity contribution in [3.63, 3.8) is 0 Å². The molecule has 4 aromatic rings. The van der Waals surface area contributed by atoms with Gasteiger partial charge in [0, 0.05) is 5.56 Å². The third-order valence-corrected chi connectivity index (χ3v) is 4.07. The van der Waals surface area contributed by atoms with Crippen molar-refractivity contribution < 1.29 is 22.0 Å². The van der Waals surface area contributed by atoms with Gasteiger partial charge in [-0.1, -0.05) is 12.1 Å². The van der Waals surface area contributed by atoms with Crippen molar-refractivity contribution in [2.75, 3.05) is 0 Å². The topological polar surface area (TPSA) is 30.7 Å². The van der Waals surface area contributed by atoms with Crippen molar-refractivity contribution >= 4 is 11.0 Å². The zero-order chi connectivity index (χ0) is 19.2. The zero-order valence-corrected chi connectivity index (χ0v) is 13.5. The Morgan fingerprint density at radius 3 is 2.26 bits per heavy atom. The molecule has 0 atom stereocenters. The van der Waals surface area contributed by atoms with Crippen molar-refractivity contribution in [1.29, 1.82) is 0 Å². The summed E-state index contributed by atoms with van der Waals surface area (Å²) in [5, 5.41) is 3.65. The second-order valence-corrected chi connectivity index (χ2v) is 5.80. The van der Waals surface area contributed by atoms with Crippen molar-refractivity contribution in [3.05, 3.63) is 78.0 Å². The number of benzene rings is 2. The smallest absolute Gasteiger partial charge is 0.228 e. The Balaban J connectivity index is 2.03. The number of alkyl halides is 3. The third kappa shape index (κ3) is 3.03. The Labute approximate surface area is 149 Å². The number of rotatable bonds is 2. The van der Waals surface area contributed by atoms with Crippen LogP contribution in [0, 0.1) is 11.6 Å². The molecule has 8 heteroatoms. The SMILES string of the molecule is Fc1ccc(-c2cc(C(F)(F)F)c3cnn(-c4ccccc4F)c3n2)cc1. The average Bonchev–Trinajstić information content (AvgIpc) is 3.05. The molecule has 0 aliphatic rings. The van der Waals surface area contributed by atoms with E-state index in [1.807, 2.05) is 0 Å². The molecule has 0 saturated carbocycles. The molecule has 0 radical (unpaired) electrons.